The van der Waals surface area contributed by atoms with Crippen molar-refractivity contribution in [2.75, 3.05) is 7.11 Å². The van der Waals surface area contributed by atoms with Gasteiger partial charge in [0.15, 0.2) is 6.10 Å². The minimum absolute atomic E-state index is 0.163. The first-order chi connectivity index (χ1) is 11.0. The Kier molecular flexibility index (Phi) is 5.63. The molecule has 0 aliphatic heterocycles. The van der Waals surface area contributed by atoms with Gasteiger partial charge in [0.1, 0.15) is 11.5 Å². The average molecular weight is 313 g/mol. The van der Waals surface area contributed by atoms with Crippen LogP contribution in [-0.2, 0) is 4.79 Å². The Morgan fingerprint density at radius 3 is 2.35 bits per heavy atom. The molecule has 0 saturated heterocycles. The normalized spacial score (nSPS) is 13.0. The number of methoxy groups -OCH3 is 1. The molecule has 122 valence electrons. The fraction of sp³-hybridized carbons (Fsp3) is 0.316. The number of amides is 1. The van der Waals surface area contributed by atoms with E-state index in [0.717, 1.165) is 16.9 Å². The van der Waals surface area contributed by atoms with Crippen LogP contribution in [0.1, 0.15) is 31.0 Å². The number of hydrogen-bond donors (Lipinski definition) is 1. The molecule has 4 heteroatoms. The summed E-state index contributed by atoms with van der Waals surface area (Å²) < 4.78 is 11.0. The zero-order valence-electron chi connectivity index (χ0n) is 14.0. The minimum Gasteiger partial charge on any atom is -0.496 e. The fourth-order valence-corrected chi connectivity index (χ4v) is 2.31. The van der Waals surface area contributed by atoms with E-state index in [0.29, 0.717) is 5.75 Å². The minimum atomic E-state index is -0.574. The topological polar surface area (TPSA) is 47.6 Å². The highest BCUT2D eigenvalue weighted by atomic mass is 16.5. The monoisotopic (exact) mass is 313 g/mol. The molecule has 2 aromatic rings. The third-order valence-electron chi connectivity index (χ3n) is 3.67. The summed E-state index contributed by atoms with van der Waals surface area (Å²) >= 11 is 0. The van der Waals surface area contributed by atoms with Crippen molar-refractivity contribution in [1.82, 2.24) is 5.32 Å². The third-order valence-corrected chi connectivity index (χ3v) is 3.67. The summed E-state index contributed by atoms with van der Waals surface area (Å²) in [5.74, 6) is 1.28. The van der Waals surface area contributed by atoms with Gasteiger partial charge in [-0.3, -0.25) is 4.79 Å². The zero-order valence-corrected chi connectivity index (χ0v) is 14.0. The van der Waals surface area contributed by atoms with E-state index < -0.39 is 6.10 Å². The molecule has 2 rings (SSSR count). The van der Waals surface area contributed by atoms with Crippen LogP contribution in [0, 0.1) is 6.92 Å². The Morgan fingerprint density at radius 2 is 1.70 bits per heavy atom. The fourth-order valence-electron chi connectivity index (χ4n) is 2.31. The lowest BCUT2D eigenvalue weighted by molar-refractivity contribution is -0.127. The first-order valence-corrected chi connectivity index (χ1v) is 7.68. The Bertz CT molecular complexity index is 652. The van der Waals surface area contributed by atoms with Crippen molar-refractivity contribution in [2.24, 2.45) is 0 Å². The van der Waals surface area contributed by atoms with Crippen LogP contribution in [0.15, 0.2) is 48.5 Å². The lowest BCUT2D eigenvalue weighted by Gasteiger charge is -2.20. The lowest BCUT2D eigenvalue weighted by atomic mass is 10.1. The molecular weight excluding hydrogens is 290 g/mol. The third kappa shape index (κ3) is 4.49. The van der Waals surface area contributed by atoms with Gasteiger partial charge < -0.3 is 14.8 Å². The number of nitrogens with one attached hydrogen (secondary N) is 1. The standard InChI is InChI=1S/C19H23NO3/c1-13-9-11-16(12-10-13)23-15(3)19(21)20-14(2)17-7-5-6-8-18(17)22-4/h5-12,14-15H,1-4H3,(H,20,21)/t14-,15-/m0/s1. The summed E-state index contributed by atoms with van der Waals surface area (Å²) in [7, 11) is 1.62. The molecule has 0 aromatic heterocycles. The van der Waals surface area contributed by atoms with E-state index in [1.54, 1.807) is 14.0 Å². The molecule has 1 N–H and O–H groups in total. The predicted octanol–water partition coefficient (Wildman–Crippen LogP) is 3.65. The van der Waals surface area contributed by atoms with E-state index in [2.05, 4.69) is 5.32 Å². The van der Waals surface area contributed by atoms with Gasteiger partial charge in [-0.05, 0) is 39.0 Å². The number of ether oxygens (including phenoxy) is 2. The Morgan fingerprint density at radius 1 is 1.04 bits per heavy atom. The van der Waals surface area contributed by atoms with Crippen LogP contribution in [0.2, 0.25) is 0 Å². The molecule has 2 atom stereocenters. The largest absolute Gasteiger partial charge is 0.496 e. The summed E-state index contributed by atoms with van der Waals surface area (Å²) in [6.45, 7) is 5.67. The molecule has 4 nitrogen and oxygen atoms in total. The van der Waals surface area contributed by atoms with E-state index in [9.17, 15) is 4.79 Å². The van der Waals surface area contributed by atoms with E-state index in [1.165, 1.54) is 0 Å². The van der Waals surface area contributed by atoms with Crippen molar-refractivity contribution >= 4 is 5.91 Å². The molecule has 0 aliphatic rings. The maximum absolute atomic E-state index is 12.3. The van der Waals surface area contributed by atoms with Gasteiger partial charge in [0.2, 0.25) is 0 Å². The van der Waals surface area contributed by atoms with Crippen molar-refractivity contribution in [2.45, 2.75) is 32.9 Å². The molecule has 0 aliphatic carbocycles. The van der Waals surface area contributed by atoms with E-state index in [-0.39, 0.29) is 11.9 Å². The van der Waals surface area contributed by atoms with Crippen molar-refractivity contribution in [1.29, 1.82) is 0 Å². The van der Waals surface area contributed by atoms with Gasteiger partial charge in [-0.15, -0.1) is 0 Å². The second-order valence-electron chi connectivity index (χ2n) is 5.55. The van der Waals surface area contributed by atoms with Crippen molar-refractivity contribution in [3.05, 3.63) is 59.7 Å². The van der Waals surface area contributed by atoms with Crippen LogP contribution < -0.4 is 14.8 Å². The summed E-state index contributed by atoms with van der Waals surface area (Å²) in [6.07, 6.45) is -0.574. The van der Waals surface area contributed by atoms with Gasteiger partial charge in [0.25, 0.3) is 5.91 Å². The average Bonchev–Trinajstić information content (AvgIpc) is 2.56. The Labute approximate surface area is 137 Å². The second-order valence-corrected chi connectivity index (χ2v) is 5.55. The van der Waals surface area contributed by atoms with E-state index in [4.69, 9.17) is 9.47 Å². The van der Waals surface area contributed by atoms with Gasteiger partial charge in [-0.25, -0.2) is 0 Å². The van der Waals surface area contributed by atoms with Gasteiger partial charge in [0, 0.05) is 5.56 Å². The van der Waals surface area contributed by atoms with Crippen LogP contribution >= 0.6 is 0 Å². The number of aryl methyl sites for hydroxylation is 1. The van der Waals surface area contributed by atoms with Gasteiger partial charge in [-0.1, -0.05) is 35.9 Å². The summed E-state index contributed by atoms with van der Waals surface area (Å²) in [5.41, 5.74) is 2.09. The second kappa shape index (κ2) is 7.68. The SMILES string of the molecule is COc1ccccc1[C@H](C)NC(=O)[C@H](C)Oc1ccc(C)cc1. The first-order valence-electron chi connectivity index (χ1n) is 7.68. The van der Waals surface area contributed by atoms with Crippen LogP contribution in [-0.4, -0.2) is 19.1 Å². The van der Waals surface area contributed by atoms with Crippen LogP contribution in [0.25, 0.3) is 0 Å². The van der Waals surface area contributed by atoms with Gasteiger partial charge in [-0.2, -0.15) is 0 Å². The Hall–Kier alpha value is -2.49. The van der Waals surface area contributed by atoms with E-state index >= 15 is 0 Å². The highest BCUT2D eigenvalue weighted by molar-refractivity contribution is 5.81. The molecule has 0 bridgehead atoms. The molecule has 0 radical (unpaired) electrons. The number of rotatable bonds is 6. The molecule has 0 spiro atoms. The number of carbonyl (C=O) groups excluding carboxylic acids is 1. The maximum atomic E-state index is 12.3. The summed E-state index contributed by atoms with van der Waals surface area (Å²) in [4.78, 5) is 12.3. The zero-order chi connectivity index (χ0) is 16.8. The predicted molar refractivity (Wildman–Crippen MR) is 90.8 cm³/mol. The molecule has 2 aromatic carbocycles. The van der Waals surface area contributed by atoms with Crippen molar-refractivity contribution < 1.29 is 14.3 Å². The van der Waals surface area contributed by atoms with Crippen molar-refractivity contribution in [3.63, 3.8) is 0 Å². The van der Waals surface area contributed by atoms with Crippen molar-refractivity contribution in [3.8, 4) is 11.5 Å². The number of carbonyl (C=O) groups is 1. The molecule has 1 amide bonds. The molecule has 0 saturated carbocycles. The summed E-state index contributed by atoms with van der Waals surface area (Å²) in [6, 6.07) is 15.1. The van der Waals surface area contributed by atoms with Gasteiger partial charge in [0.05, 0.1) is 13.2 Å². The summed E-state index contributed by atoms with van der Waals surface area (Å²) in [5, 5.41) is 2.96. The van der Waals surface area contributed by atoms with Crippen LogP contribution in [0.3, 0.4) is 0 Å². The quantitative estimate of drug-likeness (QED) is 0.885. The molecular formula is C19H23NO3. The highest BCUT2D eigenvalue weighted by Crippen LogP contribution is 2.24. The number of hydrogen-bond acceptors (Lipinski definition) is 3. The maximum Gasteiger partial charge on any atom is 0.261 e. The Balaban J connectivity index is 1.98. The highest BCUT2D eigenvalue weighted by Gasteiger charge is 2.19. The van der Waals surface area contributed by atoms with E-state index in [1.807, 2.05) is 62.4 Å². The lowest BCUT2D eigenvalue weighted by Crippen LogP contribution is -2.37. The smallest absolute Gasteiger partial charge is 0.261 e. The number of para-hydroxylation sites is 1. The number of benzene rings is 2. The van der Waals surface area contributed by atoms with Crippen LogP contribution in [0.4, 0.5) is 0 Å². The molecule has 0 unspecified atom stereocenters. The first kappa shape index (κ1) is 16.9. The van der Waals surface area contributed by atoms with Crippen LogP contribution in [0.5, 0.6) is 11.5 Å². The molecule has 23 heavy (non-hydrogen) atoms. The molecule has 0 heterocycles. The van der Waals surface area contributed by atoms with Gasteiger partial charge >= 0.3 is 0 Å². The molecule has 0 fully saturated rings.